The van der Waals surface area contributed by atoms with Crippen molar-refractivity contribution in [1.29, 1.82) is 0 Å². The fraction of sp³-hybridized carbons (Fsp3) is 0.345. The summed E-state index contributed by atoms with van der Waals surface area (Å²) in [6, 6.07) is 16.9. The summed E-state index contributed by atoms with van der Waals surface area (Å²) >= 11 is 0. The summed E-state index contributed by atoms with van der Waals surface area (Å²) < 4.78 is 49.4. The van der Waals surface area contributed by atoms with Crippen LogP contribution in [-0.4, -0.2) is 32.4 Å². The molecule has 37 heavy (non-hydrogen) atoms. The fourth-order valence-electron chi connectivity index (χ4n) is 3.90. The first kappa shape index (κ1) is 28.2. The summed E-state index contributed by atoms with van der Waals surface area (Å²) in [7, 11) is -2.82. The summed E-state index contributed by atoms with van der Waals surface area (Å²) in [6.45, 7) is 6.27. The van der Waals surface area contributed by atoms with Gasteiger partial charge < -0.3 is 13.8 Å². The van der Waals surface area contributed by atoms with E-state index in [0.717, 1.165) is 43.5 Å². The zero-order valence-corrected chi connectivity index (χ0v) is 22.6. The zero-order chi connectivity index (χ0) is 27.0. The van der Waals surface area contributed by atoms with Crippen molar-refractivity contribution in [2.24, 2.45) is 0 Å². The number of carbonyl (C=O) groups excluding carboxylic acids is 1. The van der Waals surface area contributed by atoms with Gasteiger partial charge in [0.2, 0.25) is 0 Å². The quantitative estimate of drug-likeness (QED) is 0.202. The Morgan fingerprint density at radius 3 is 2.16 bits per heavy atom. The molecule has 0 fully saturated rings. The van der Waals surface area contributed by atoms with Crippen LogP contribution in [0.25, 0.3) is 0 Å². The van der Waals surface area contributed by atoms with Gasteiger partial charge in [-0.3, -0.25) is 4.79 Å². The number of halogens is 1. The molecule has 0 aromatic heterocycles. The lowest BCUT2D eigenvalue weighted by molar-refractivity contribution is 0.0690. The van der Waals surface area contributed by atoms with Gasteiger partial charge in [-0.1, -0.05) is 38.0 Å². The second-order valence-corrected chi connectivity index (χ2v) is 10.7. The van der Waals surface area contributed by atoms with Crippen molar-refractivity contribution in [3.8, 4) is 11.5 Å². The van der Waals surface area contributed by atoms with Crippen LogP contribution < -0.4 is 8.92 Å². The van der Waals surface area contributed by atoms with Gasteiger partial charge >= 0.3 is 10.1 Å². The molecule has 6 nitrogen and oxygen atoms in total. The van der Waals surface area contributed by atoms with E-state index in [1.165, 1.54) is 19.1 Å². The van der Waals surface area contributed by atoms with Gasteiger partial charge in [-0.2, -0.15) is 8.42 Å². The van der Waals surface area contributed by atoms with Crippen LogP contribution in [0.4, 0.5) is 4.39 Å². The summed E-state index contributed by atoms with van der Waals surface area (Å²) in [6.07, 6.45) is 4.46. The average molecular weight is 528 g/mol. The predicted molar refractivity (Wildman–Crippen MR) is 142 cm³/mol. The topological polar surface area (TPSA) is 72.9 Å². The smallest absolute Gasteiger partial charge is 0.339 e. The number of nitrogens with zero attached hydrogens (tertiary/aromatic N) is 1. The van der Waals surface area contributed by atoms with Crippen molar-refractivity contribution >= 4 is 16.0 Å². The van der Waals surface area contributed by atoms with E-state index < -0.39 is 15.9 Å². The van der Waals surface area contributed by atoms with E-state index in [1.807, 2.05) is 38.1 Å². The lowest BCUT2D eigenvalue weighted by atomic mass is 10.0. The third-order valence-corrected chi connectivity index (χ3v) is 7.29. The first-order chi connectivity index (χ1) is 17.6. The van der Waals surface area contributed by atoms with E-state index >= 15 is 0 Å². The van der Waals surface area contributed by atoms with Gasteiger partial charge in [0.1, 0.15) is 10.7 Å². The van der Waals surface area contributed by atoms with Gasteiger partial charge in [-0.15, -0.1) is 0 Å². The molecule has 0 saturated carbocycles. The Balaban J connectivity index is 1.81. The molecule has 0 unspecified atom stereocenters. The Labute approximate surface area is 219 Å². The van der Waals surface area contributed by atoms with E-state index in [4.69, 9.17) is 8.92 Å². The van der Waals surface area contributed by atoms with Gasteiger partial charge in [0.05, 0.1) is 7.11 Å². The highest BCUT2D eigenvalue weighted by molar-refractivity contribution is 7.87. The minimum absolute atomic E-state index is 0.0167. The van der Waals surface area contributed by atoms with Gasteiger partial charge in [0.25, 0.3) is 5.91 Å². The Kier molecular flexibility index (Phi) is 9.69. The molecule has 198 valence electrons. The Morgan fingerprint density at radius 2 is 1.57 bits per heavy atom. The van der Waals surface area contributed by atoms with Crippen molar-refractivity contribution in [2.45, 2.75) is 63.9 Å². The lowest BCUT2D eigenvalue weighted by Crippen LogP contribution is -2.36. The number of carbonyl (C=O) groups is 1. The number of benzene rings is 3. The van der Waals surface area contributed by atoms with Crippen molar-refractivity contribution in [3.63, 3.8) is 0 Å². The number of hydrogen-bond donors (Lipinski definition) is 0. The maximum Gasteiger partial charge on any atom is 0.339 e. The molecule has 0 aliphatic carbocycles. The number of methoxy groups -OCH3 is 1. The summed E-state index contributed by atoms with van der Waals surface area (Å²) in [5.41, 5.74) is 2.47. The van der Waals surface area contributed by atoms with Crippen LogP contribution in [0.3, 0.4) is 0 Å². The molecule has 3 rings (SSSR count). The van der Waals surface area contributed by atoms with Crippen LogP contribution in [0, 0.1) is 5.82 Å². The molecule has 0 aliphatic rings. The van der Waals surface area contributed by atoms with Crippen molar-refractivity contribution in [3.05, 3.63) is 89.2 Å². The van der Waals surface area contributed by atoms with Crippen LogP contribution in [-0.2, 0) is 23.1 Å². The first-order valence-electron chi connectivity index (χ1n) is 12.4. The van der Waals surface area contributed by atoms with Crippen LogP contribution in [0.1, 0.15) is 61.5 Å². The highest BCUT2D eigenvalue weighted by Gasteiger charge is 2.22. The summed E-state index contributed by atoms with van der Waals surface area (Å²) in [4.78, 5) is 14.9. The lowest BCUT2D eigenvalue weighted by Gasteiger charge is -2.27. The van der Waals surface area contributed by atoms with Crippen LogP contribution >= 0.6 is 0 Å². The van der Waals surface area contributed by atoms with E-state index in [2.05, 4.69) is 6.92 Å². The molecule has 0 atom stereocenters. The molecular weight excluding hydrogens is 493 g/mol. The third-order valence-electron chi connectivity index (χ3n) is 6.04. The maximum absolute atomic E-state index is 13.4. The molecule has 1 amide bonds. The molecule has 0 spiro atoms. The average Bonchev–Trinajstić information content (AvgIpc) is 2.87. The first-order valence-corrected chi connectivity index (χ1v) is 13.8. The molecule has 0 heterocycles. The minimum atomic E-state index is -4.22. The number of ether oxygens (including phenoxy) is 1. The molecule has 0 radical (unpaired) electrons. The van der Waals surface area contributed by atoms with Gasteiger partial charge in [0.15, 0.2) is 11.5 Å². The molecule has 0 N–H and O–H groups in total. The normalized spacial score (nSPS) is 11.4. The monoisotopic (exact) mass is 527 g/mol. The van der Waals surface area contributed by atoms with E-state index in [0.29, 0.717) is 11.1 Å². The summed E-state index contributed by atoms with van der Waals surface area (Å²) in [5, 5.41) is 0. The zero-order valence-electron chi connectivity index (χ0n) is 21.7. The minimum Gasteiger partial charge on any atom is -0.493 e. The highest BCUT2D eigenvalue weighted by Crippen LogP contribution is 2.32. The Bertz CT molecular complexity index is 1290. The van der Waals surface area contributed by atoms with Crippen LogP contribution in [0.15, 0.2) is 71.6 Å². The molecule has 3 aromatic carbocycles. The molecular formula is C29H34FNO5S. The third kappa shape index (κ3) is 7.55. The number of aryl methyl sites for hydroxylation is 1. The molecule has 0 aliphatic heterocycles. The number of hydrogen-bond acceptors (Lipinski definition) is 5. The Morgan fingerprint density at radius 1 is 0.919 bits per heavy atom. The summed E-state index contributed by atoms with van der Waals surface area (Å²) in [5.74, 6) is -0.470. The number of rotatable bonds is 12. The van der Waals surface area contributed by atoms with Gasteiger partial charge in [-0.25, -0.2) is 4.39 Å². The largest absolute Gasteiger partial charge is 0.493 e. The van der Waals surface area contributed by atoms with E-state index in [-0.39, 0.29) is 34.9 Å². The predicted octanol–water partition coefficient (Wildman–Crippen LogP) is 6.39. The highest BCUT2D eigenvalue weighted by atomic mass is 32.2. The van der Waals surface area contributed by atoms with Crippen molar-refractivity contribution in [1.82, 2.24) is 4.90 Å². The van der Waals surface area contributed by atoms with Gasteiger partial charge in [0, 0.05) is 18.2 Å². The van der Waals surface area contributed by atoms with E-state index in [1.54, 1.807) is 23.1 Å². The standard InChI is InChI=1S/C29H34FNO5S/c1-5-6-7-8-22-9-12-24(13-10-22)29(32)31(21(2)3)20-23-11-18-27(35-4)28(19-23)36-37(33,34)26-16-14-25(30)15-17-26/h9-19,21H,5-8,20H2,1-4H3. The maximum atomic E-state index is 13.4. The SMILES string of the molecule is CCCCCc1ccc(C(=O)N(Cc2ccc(OC)c(OS(=O)(=O)c3ccc(F)cc3)c2)C(C)C)cc1. The second kappa shape index (κ2) is 12.7. The molecule has 3 aromatic rings. The van der Waals surface area contributed by atoms with Crippen molar-refractivity contribution in [2.75, 3.05) is 7.11 Å². The molecule has 8 heteroatoms. The number of amides is 1. The Hall–Kier alpha value is -3.39. The second-order valence-electron chi connectivity index (χ2n) is 9.16. The van der Waals surface area contributed by atoms with E-state index in [9.17, 15) is 17.6 Å². The molecule has 0 saturated heterocycles. The number of unbranched alkanes of at least 4 members (excludes halogenated alkanes) is 2. The van der Waals surface area contributed by atoms with Crippen molar-refractivity contribution < 1.29 is 26.5 Å². The fourth-order valence-corrected chi connectivity index (χ4v) is 4.83. The van der Waals surface area contributed by atoms with Crippen LogP contribution in [0.2, 0.25) is 0 Å². The van der Waals surface area contributed by atoms with Crippen LogP contribution in [0.5, 0.6) is 11.5 Å². The van der Waals surface area contributed by atoms with Gasteiger partial charge in [-0.05, 0) is 86.3 Å². The molecule has 0 bridgehead atoms.